The molecule has 2 aromatic carbocycles. The number of carbonyl (C=O) groups is 1. The van der Waals surface area contributed by atoms with Crippen LogP contribution >= 0.6 is 11.6 Å². The van der Waals surface area contributed by atoms with Gasteiger partial charge < -0.3 is 15.1 Å². The van der Waals surface area contributed by atoms with Crippen molar-refractivity contribution in [2.75, 3.05) is 39.3 Å². The maximum Gasteiger partial charge on any atom is 0.252 e. The Bertz CT molecular complexity index is 1180. The van der Waals surface area contributed by atoms with E-state index in [0.29, 0.717) is 22.0 Å². The van der Waals surface area contributed by atoms with Crippen molar-refractivity contribution in [3.05, 3.63) is 76.4 Å². The number of para-hydroxylation sites is 1. The second kappa shape index (κ2) is 7.55. The second-order valence-corrected chi connectivity index (χ2v) is 10.1. The maximum atomic E-state index is 13.8. The zero-order valence-electron chi connectivity index (χ0n) is 18.2. The largest absolute Gasteiger partial charge is 0.348 e. The molecule has 3 aromatic rings. The third kappa shape index (κ3) is 3.14. The average molecular weight is 447 g/mol. The Hall–Kier alpha value is -2.47. The molecule has 5 heterocycles. The number of hydrogen-bond acceptors (Lipinski definition) is 4. The van der Waals surface area contributed by atoms with E-state index < -0.39 is 0 Å². The molecule has 0 radical (unpaired) electrons. The third-order valence-electron chi connectivity index (χ3n) is 7.59. The number of aromatic nitrogens is 1. The molecule has 6 heteroatoms. The van der Waals surface area contributed by atoms with Crippen molar-refractivity contribution in [1.82, 2.24) is 20.1 Å². The van der Waals surface area contributed by atoms with E-state index in [4.69, 9.17) is 11.6 Å². The van der Waals surface area contributed by atoms with Gasteiger partial charge in [-0.05, 0) is 24.6 Å². The molecule has 32 heavy (non-hydrogen) atoms. The summed E-state index contributed by atoms with van der Waals surface area (Å²) in [6, 6.07) is 18.4. The minimum absolute atomic E-state index is 0.0285. The Kier molecular flexibility index (Phi) is 4.75. The topological polar surface area (TPSA) is 48.5 Å². The molecule has 4 fully saturated rings. The fourth-order valence-corrected chi connectivity index (χ4v) is 6.53. The third-order valence-corrected chi connectivity index (χ3v) is 7.90. The number of nitrogens with zero attached hydrogens (tertiary/aromatic N) is 3. The molecular formula is C26H27ClN4O. The number of benzene rings is 2. The van der Waals surface area contributed by atoms with Crippen LogP contribution in [-0.2, 0) is 5.41 Å². The van der Waals surface area contributed by atoms with Gasteiger partial charge >= 0.3 is 0 Å². The van der Waals surface area contributed by atoms with Gasteiger partial charge in [-0.15, -0.1) is 0 Å². The summed E-state index contributed by atoms with van der Waals surface area (Å²) in [4.78, 5) is 23.5. The van der Waals surface area contributed by atoms with Gasteiger partial charge in [0.2, 0.25) is 0 Å². The van der Waals surface area contributed by atoms with E-state index in [9.17, 15) is 4.79 Å². The molecule has 1 N–H and O–H groups in total. The van der Waals surface area contributed by atoms with Gasteiger partial charge in [0.25, 0.3) is 5.91 Å². The van der Waals surface area contributed by atoms with E-state index in [1.807, 2.05) is 31.2 Å². The molecule has 4 aliphatic heterocycles. The summed E-state index contributed by atoms with van der Waals surface area (Å²) < 4.78 is 0. The van der Waals surface area contributed by atoms with Crippen molar-refractivity contribution < 1.29 is 4.79 Å². The molecule has 5 nitrogen and oxygen atoms in total. The Balaban J connectivity index is 1.42. The Morgan fingerprint density at radius 3 is 2.50 bits per heavy atom. The number of amides is 1. The van der Waals surface area contributed by atoms with Gasteiger partial charge in [-0.3, -0.25) is 9.78 Å². The van der Waals surface area contributed by atoms with Crippen LogP contribution in [0.2, 0.25) is 5.02 Å². The highest BCUT2D eigenvalue weighted by atomic mass is 35.5. The number of halogens is 1. The molecule has 1 aromatic heterocycles. The van der Waals surface area contributed by atoms with Crippen molar-refractivity contribution in [2.45, 2.75) is 18.4 Å². The molecule has 2 unspecified atom stereocenters. The average Bonchev–Trinajstić information content (AvgIpc) is 3.05. The van der Waals surface area contributed by atoms with Gasteiger partial charge in [-0.2, -0.15) is 0 Å². The van der Waals surface area contributed by atoms with Crippen molar-refractivity contribution in [3.8, 4) is 0 Å². The number of hydrogen-bond donors (Lipinski definition) is 1. The van der Waals surface area contributed by atoms with Crippen molar-refractivity contribution in [3.63, 3.8) is 0 Å². The normalized spacial score (nSPS) is 30.9. The van der Waals surface area contributed by atoms with Crippen molar-refractivity contribution in [2.24, 2.45) is 5.92 Å². The predicted molar refractivity (Wildman–Crippen MR) is 127 cm³/mol. The standard InChI is InChI=1S/C26H27ClN4O/c1-17-12-21(20-8-5-9-22(27)23(20)28-17)25(32)29-24-18-13-30-10-11-31(14-18)16-26(24,15-30)19-6-3-2-4-7-19/h2-9,12,18,24H,10-11,13-16H2,1H3,(H,29,32)/t18?,24-,26?/m0/s1. The van der Waals surface area contributed by atoms with E-state index in [-0.39, 0.29) is 17.4 Å². The van der Waals surface area contributed by atoms with Crippen LogP contribution in [0.4, 0.5) is 0 Å². The van der Waals surface area contributed by atoms with E-state index in [2.05, 4.69) is 50.4 Å². The highest BCUT2D eigenvalue weighted by Crippen LogP contribution is 2.43. The van der Waals surface area contributed by atoms with Crippen LogP contribution in [0.1, 0.15) is 21.6 Å². The lowest BCUT2D eigenvalue weighted by molar-refractivity contribution is 0.0181. The minimum Gasteiger partial charge on any atom is -0.348 e. The first-order valence-corrected chi connectivity index (χ1v) is 11.8. The Labute approximate surface area is 193 Å². The van der Waals surface area contributed by atoms with Crippen LogP contribution in [0, 0.1) is 12.8 Å². The van der Waals surface area contributed by atoms with Gasteiger partial charge in [0.1, 0.15) is 0 Å². The molecule has 1 amide bonds. The molecule has 4 bridgehead atoms. The highest BCUT2D eigenvalue weighted by molar-refractivity contribution is 6.35. The molecule has 164 valence electrons. The lowest BCUT2D eigenvalue weighted by Crippen LogP contribution is -2.70. The lowest BCUT2D eigenvalue weighted by Gasteiger charge is -2.55. The first kappa shape index (κ1) is 20.2. The molecule has 7 rings (SSSR count). The molecule has 4 saturated heterocycles. The number of nitrogens with one attached hydrogen (secondary N) is 1. The highest BCUT2D eigenvalue weighted by Gasteiger charge is 2.55. The fraction of sp³-hybridized carbons (Fsp3) is 0.385. The number of piperidine rings is 2. The smallest absolute Gasteiger partial charge is 0.252 e. The first-order valence-electron chi connectivity index (χ1n) is 11.4. The van der Waals surface area contributed by atoms with Crippen LogP contribution in [0.25, 0.3) is 10.9 Å². The molecule has 0 aliphatic carbocycles. The second-order valence-electron chi connectivity index (χ2n) is 9.65. The van der Waals surface area contributed by atoms with Crippen LogP contribution < -0.4 is 5.32 Å². The van der Waals surface area contributed by atoms with Crippen LogP contribution in [0.15, 0.2) is 54.6 Å². The summed E-state index contributed by atoms with van der Waals surface area (Å²) in [5, 5.41) is 4.91. The zero-order valence-corrected chi connectivity index (χ0v) is 19.0. The Morgan fingerprint density at radius 2 is 1.78 bits per heavy atom. The monoisotopic (exact) mass is 446 g/mol. The van der Waals surface area contributed by atoms with E-state index in [0.717, 1.165) is 50.3 Å². The zero-order chi connectivity index (χ0) is 21.9. The summed E-state index contributed by atoms with van der Waals surface area (Å²) in [6.45, 7) is 8.18. The van der Waals surface area contributed by atoms with Crippen LogP contribution in [-0.4, -0.2) is 66.0 Å². The van der Waals surface area contributed by atoms with Gasteiger partial charge in [0.05, 0.1) is 16.1 Å². The molecule has 0 saturated carbocycles. The number of pyridine rings is 1. The number of carbonyl (C=O) groups excluding carboxylic acids is 1. The SMILES string of the molecule is Cc1cc(C(=O)N[C@H]2C3CN4CCN(C3)CC2(c2ccccc2)C4)c2cccc(Cl)c2n1. The number of aryl methyl sites for hydroxylation is 1. The van der Waals surface area contributed by atoms with Crippen molar-refractivity contribution >= 4 is 28.4 Å². The summed E-state index contributed by atoms with van der Waals surface area (Å²) in [5.41, 5.74) is 3.36. The van der Waals surface area contributed by atoms with Gasteiger partial charge in [-0.1, -0.05) is 54.1 Å². The maximum absolute atomic E-state index is 13.8. The Morgan fingerprint density at radius 1 is 1.06 bits per heavy atom. The molecule has 3 atom stereocenters. The summed E-state index contributed by atoms with van der Waals surface area (Å²) in [5.74, 6) is 0.376. The van der Waals surface area contributed by atoms with E-state index in [1.165, 1.54) is 5.56 Å². The van der Waals surface area contributed by atoms with Crippen LogP contribution in [0.5, 0.6) is 0 Å². The quantitative estimate of drug-likeness (QED) is 0.669. The van der Waals surface area contributed by atoms with Crippen molar-refractivity contribution in [1.29, 1.82) is 0 Å². The van der Waals surface area contributed by atoms with E-state index >= 15 is 0 Å². The predicted octanol–water partition coefficient (Wildman–Crippen LogP) is 3.49. The lowest BCUT2D eigenvalue weighted by atomic mass is 9.64. The number of fused-ring (bicyclic) bond motifs is 2. The van der Waals surface area contributed by atoms with Gasteiger partial charge in [0, 0.05) is 67.7 Å². The van der Waals surface area contributed by atoms with Gasteiger partial charge in [-0.25, -0.2) is 0 Å². The molecular weight excluding hydrogens is 420 g/mol. The molecule has 0 spiro atoms. The fourth-order valence-electron chi connectivity index (χ4n) is 6.32. The number of rotatable bonds is 3. The minimum atomic E-state index is -0.107. The van der Waals surface area contributed by atoms with Gasteiger partial charge in [0.15, 0.2) is 0 Å². The summed E-state index contributed by atoms with van der Waals surface area (Å²) >= 11 is 6.41. The molecule has 4 aliphatic rings. The van der Waals surface area contributed by atoms with Crippen LogP contribution in [0.3, 0.4) is 0 Å². The summed E-state index contributed by atoms with van der Waals surface area (Å²) in [7, 11) is 0. The summed E-state index contributed by atoms with van der Waals surface area (Å²) in [6.07, 6.45) is 0. The first-order chi connectivity index (χ1) is 15.5. The van der Waals surface area contributed by atoms with E-state index in [1.54, 1.807) is 0 Å².